The molecular formula is C16H22N2O4. The molecule has 3 N–H and O–H groups in total. The SMILES string of the molecule is CC(CCC1CC1)C(CON=O)c1cccc(C(=O)O)c1N. The van der Waals surface area contributed by atoms with Crippen LogP contribution in [0, 0.1) is 16.7 Å². The zero-order valence-electron chi connectivity index (χ0n) is 12.7. The van der Waals surface area contributed by atoms with Crippen molar-refractivity contribution in [1.82, 2.24) is 0 Å². The van der Waals surface area contributed by atoms with E-state index in [1.807, 2.05) is 0 Å². The van der Waals surface area contributed by atoms with Gasteiger partial charge < -0.3 is 15.7 Å². The maximum Gasteiger partial charge on any atom is 0.337 e. The van der Waals surface area contributed by atoms with Gasteiger partial charge in [0.2, 0.25) is 0 Å². The van der Waals surface area contributed by atoms with Gasteiger partial charge in [-0.05, 0) is 29.9 Å². The zero-order valence-corrected chi connectivity index (χ0v) is 12.7. The van der Waals surface area contributed by atoms with Crippen molar-refractivity contribution in [2.75, 3.05) is 12.3 Å². The van der Waals surface area contributed by atoms with Gasteiger partial charge in [-0.15, -0.1) is 4.91 Å². The summed E-state index contributed by atoms with van der Waals surface area (Å²) in [7, 11) is 0. The fourth-order valence-corrected chi connectivity index (χ4v) is 2.87. The molecule has 0 heterocycles. The second kappa shape index (κ2) is 7.24. The number of carboxylic acid groups (broad SMARTS) is 1. The predicted molar refractivity (Wildman–Crippen MR) is 83.4 cm³/mol. The largest absolute Gasteiger partial charge is 0.478 e. The molecule has 0 bridgehead atoms. The Hall–Kier alpha value is -2.11. The number of benzene rings is 1. The summed E-state index contributed by atoms with van der Waals surface area (Å²) in [5.41, 5.74) is 7.06. The van der Waals surface area contributed by atoms with E-state index in [1.54, 1.807) is 12.1 Å². The molecule has 22 heavy (non-hydrogen) atoms. The predicted octanol–water partition coefficient (Wildman–Crippen LogP) is 3.57. The van der Waals surface area contributed by atoms with Gasteiger partial charge >= 0.3 is 5.97 Å². The van der Waals surface area contributed by atoms with Gasteiger partial charge in [0.05, 0.1) is 5.56 Å². The van der Waals surface area contributed by atoms with E-state index in [9.17, 15) is 14.8 Å². The van der Waals surface area contributed by atoms with Crippen molar-refractivity contribution in [3.05, 3.63) is 34.2 Å². The van der Waals surface area contributed by atoms with Gasteiger partial charge in [0.15, 0.2) is 5.34 Å². The Morgan fingerprint density at radius 3 is 2.82 bits per heavy atom. The third-order valence-corrected chi connectivity index (χ3v) is 4.49. The molecule has 1 saturated carbocycles. The average Bonchev–Trinajstić information content (AvgIpc) is 3.30. The van der Waals surface area contributed by atoms with Crippen molar-refractivity contribution in [2.45, 2.75) is 38.5 Å². The van der Waals surface area contributed by atoms with E-state index >= 15 is 0 Å². The highest BCUT2D eigenvalue weighted by Gasteiger charge is 2.27. The standard InChI is InChI=1S/C16H22N2O4/c1-10(5-6-11-7-8-11)14(9-22-18-21)12-3-2-4-13(15(12)17)16(19)20/h2-4,10-11,14H,5-9,17H2,1H3,(H,19,20). The number of aromatic carboxylic acids is 1. The molecule has 120 valence electrons. The van der Waals surface area contributed by atoms with Crippen LogP contribution in [-0.4, -0.2) is 17.7 Å². The monoisotopic (exact) mass is 306 g/mol. The Morgan fingerprint density at radius 1 is 1.50 bits per heavy atom. The van der Waals surface area contributed by atoms with Gasteiger partial charge in [0.1, 0.15) is 6.61 Å². The van der Waals surface area contributed by atoms with E-state index in [2.05, 4.69) is 12.3 Å². The van der Waals surface area contributed by atoms with Gasteiger partial charge in [-0.3, -0.25) is 0 Å². The highest BCUT2D eigenvalue weighted by molar-refractivity contribution is 5.94. The van der Waals surface area contributed by atoms with Crippen molar-refractivity contribution in [1.29, 1.82) is 0 Å². The molecule has 2 atom stereocenters. The smallest absolute Gasteiger partial charge is 0.337 e. The number of rotatable bonds is 9. The van der Waals surface area contributed by atoms with Crippen molar-refractivity contribution < 1.29 is 14.7 Å². The van der Waals surface area contributed by atoms with Gasteiger partial charge in [-0.1, -0.05) is 38.3 Å². The summed E-state index contributed by atoms with van der Waals surface area (Å²) in [5, 5.41) is 11.7. The fraction of sp³-hybridized carbons (Fsp3) is 0.562. The minimum atomic E-state index is -1.06. The summed E-state index contributed by atoms with van der Waals surface area (Å²) in [4.78, 5) is 26.2. The molecule has 1 fully saturated rings. The lowest BCUT2D eigenvalue weighted by molar-refractivity contribution is 0.0697. The Bertz CT molecular complexity index is 543. The third kappa shape index (κ3) is 3.96. The molecule has 1 aromatic carbocycles. The lowest BCUT2D eigenvalue weighted by atomic mass is 9.83. The summed E-state index contributed by atoms with van der Waals surface area (Å²) in [6.45, 7) is 2.19. The molecule has 0 amide bonds. The van der Waals surface area contributed by atoms with E-state index in [0.29, 0.717) is 5.56 Å². The topological polar surface area (TPSA) is 102 Å². The van der Waals surface area contributed by atoms with Crippen LogP contribution in [0.1, 0.15) is 54.4 Å². The zero-order chi connectivity index (χ0) is 16.1. The van der Waals surface area contributed by atoms with E-state index in [4.69, 9.17) is 10.6 Å². The van der Waals surface area contributed by atoms with Crippen molar-refractivity contribution in [2.24, 2.45) is 17.2 Å². The quantitative estimate of drug-likeness (QED) is 0.412. The highest BCUT2D eigenvalue weighted by Crippen LogP contribution is 2.39. The second-order valence-electron chi connectivity index (χ2n) is 6.09. The van der Waals surface area contributed by atoms with E-state index in [0.717, 1.165) is 18.8 Å². The normalized spacial score (nSPS) is 16.8. The van der Waals surface area contributed by atoms with Crippen molar-refractivity contribution >= 4 is 11.7 Å². The first-order valence-electron chi connectivity index (χ1n) is 7.60. The number of anilines is 1. The second-order valence-corrected chi connectivity index (χ2v) is 6.09. The van der Waals surface area contributed by atoms with Crippen LogP contribution in [0.2, 0.25) is 0 Å². The molecule has 0 aromatic heterocycles. The number of hydrogen-bond donors (Lipinski definition) is 2. The molecule has 2 unspecified atom stereocenters. The molecule has 1 aliphatic carbocycles. The Morgan fingerprint density at radius 2 is 2.23 bits per heavy atom. The lowest BCUT2D eigenvalue weighted by Crippen LogP contribution is -2.18. The average molecular weight is 306 g/mol. The maximum atomic E-state index is 11.2. The van der Waals surface area contributed by atoms with Gasteiger partial charge in [-0.25, -0.2) is 4.79 Å². The number of nitrogens with two attached hydrogens (primary N) is 1. The molecule has 6 heteroatoms. The maximum absolute atomic E-state index is 11.2. The summed E-state index contributed by atoms with van der Waals surface area (Å²) < 4.78 is 0. The van der Waals surface area contributed by atoms with Crippen LogP contribution < -0.4 is 5.73 Å². The Balaban J connectivity index is 2.21. The van der Waals surface area contributed by atoms with Crippen LogP contribution in [0.25, 0.3) is 0 Å². The first kappa shape index (κ1) is 16.3. The molecule has 2 rings (SSSR count). The van der Waals surface area contributed by atoms with Gasteiger partial charge in [0, 0.05) is 11.6 Å². The fourth-order valence-electron chi connectivity index (χ4n) is 2.87. The summed E-state index contributed by atoms with van der Waals surface area (Å²) >= 11 is 0. The van der Waals surface area contributed by atoms with Crippen LogP contribution in [0.5, 0.6) is 0 Å². The van der Waals surface area contributed by atoms with Crippen LogP contribution in [-0.2, 0) is 4.84 Å². The molecule has 0 radical (unpaired) electrons. The number of hydrogen-bond acceptors (Lipinski definition) is 5. The van der Waals surface area contributed by atoms with E-state index < -0.39 is 5.97 Å². The van der Waals surface area contributed by atoms with Crippen molar-refractivity contribution in [3.8, 4) is 0 Å². The molecular weight excluding hydrogens is 284 g/mol. The molecule has 6 nitrogen and oxygen atoms in total. The molecule has 0 aliphatic heterocycles. The van der Waals surface area contributed by atoms with Crippen LogP contribution in [0.4, 0.5) is 5.69 Å². The number of nitrogens with zero attached hydrogens (tertiary/aromatic N) is 1. The lowest BCUT2D eigenvalue weighted by Gasteiger charge is -2.24. The Labute approximate surface area is 129 Å². The van der Waals surface area contributed by atoms with E-state index in [1.165, 1.54) is 18.9 Å². The minimum Gasteiger partial charge on any atom is -0.478 e. The summed E-state index contributed by atoms with van der Waals surface area (Å²) in [6.07, 6.45) is 4.72. The van der Waals surface area contributed by atoms with Crippen LogP contribution in [0.3, 0.4) is 0 Å². The highest BCUT2D eigenvalue weighted by atomic mass is 16.7. The van der Waals surface area contributed by atoms with Crippen LogP contribution in [0.15, 0.2) is 23.5 Å². The third-order valence-electron chi connectivity index (χ3n) is 4.49. The van der Waals surface area contributed by atoms with Crippen LogP contribution >= 0.6 is 0 Å². The number of para-hydroxylation sites is 1. The molecule has 1 aromatic rings. The van der Waals surface area contributed by atoms with Crippen molar-refractivity contribution in [3.63, 3.8) is 0 Å². The number of carboxylic acids is 1. The number of nitrogen functional groups attached to an aromatic ring is 1. The molecule has 0 spiro atoms. The first-order chi connectivity index (χ1) is 10.5. The van der Waals surface area contributed by atoms with E-state index in [-0.39, 0.29) is 29.7 Å². The number of carbonyl (C=O) groups is 1. The molecule has 0 saturated heterocycles. The van der Waals surface area contributed by atoms with Gasteiger partial charge in [-0.2, -0.15) is 0 Å². The first-order valence-corrected chi connectivity index (χ1v) is 7.60. The summed E-state index contributed by atoms with van der Waals surface area (Å²) in [5.74, 6) is -0.154. The Kier molecular flexibility index (Phi) is 5.35. The summed E-state index contributed by atoms with van der Waals surface area (Å²) in [6, 6.07) is 4.95. The minimum absolute atomic E-state index is 0.0796. The molecule has 1 aliphatic rings. The van der Waals surface area contributed by atoms with Gasteiger partial charge in [0.25, 0.3) is 0 Å².